The molecule has 4 nitrogen and oxygen atoms in total. The first-order valence-corrected chi connectivity index (χ1v) is 6.62. The maximum atomic E-state index is 13.9. The third kappa shape index (κ3) is 3.17. The molecule has 2 rings (SSSR count). The molecule has 0 atom stereocenters. The average molecular weight is 330 g/mol. The molecule has 0 amide bonds. The lowest BCUT2D eigenvalue weighted by Crippen LogP contribution is -2.05. The van der Waals surface area contributed by atoms with Crippen LogP contribution in [0.1, 0.15) is 5.56 Å². The van der Waals surface area contributed by atoms with E-state index < -0.39 is 11.6 Å². The Labute approximate surface area is 131 Å². The predicted molar refractivity (Wildman–Crippen MR) is 79.7 cm³/mol. The number of hydrogen-bond acceptors (Lipinski definition) is 4. The summed E-state index contributed by atoms with van der Waals surface area (Å²) in [7, 11) is 2.79. The van der Waals surface area contributed by atoms with Crippen molar-refractivity contribution in [3.8, 4) is 17.2 Å². The van der Waals surface area contributed by atoms with Gasteiger partial charge >= 0.3 is 0 Å². The van der Waals surface area contributed by atoms with Crippen molar-refractivity contribution >= 4 is 17.3 Å². The molecule has 22 heavy (non-hydrogen) atoms. The van der Waals surface area contributed by atoms with Crippen molar-refractivity contribution in [2.24, 2.45) is 0 Å². The van der Waals surface area contributed by atoms with Crippen LogP contribution in [-0.4, -0.2) is 14.2 Å². The number of rotatable bonds is 5. The predicted octanol–water partition coefficient (Wildman–Crippen LogP) is 3.80. The monoisotopic (exact) mass is 329 g/mol. The number of methoxy groups -OCH3 is 2. The lowest BCUT2D eigenvalue weighted by atomic mass is 10.2. The van der Waals surface area contributed by atoms with Gasteiger partial charge < -0.3 is 19.9 Å². The first-order chi connectivity index (χ1) is 10.5. The van der Waals surface area contributed by atoms with Crippen molar-refractivity contribution in [2.75, 3.05) is 20.0 Å². The van der Waals surface area contributed by atoms with Gasteiger partial charge in [0, 0.05) is 12.1 Å². The van der Waals surface area contributed by atoms with E-state index in [-0.39, 0.29) is 29.4 Å². The third-order valence-corrected chi connectivity index (χ3v) is 3.36. The van der Waals surface area contributed by atoms with E-state index >= 15 is 0 Å². The number of nitrogens with two attached hydrogens (primary N) is 1. The summed E-state index contributed by atoms with van der Waals surface area (Å²) in [6, 6.07) is 5.24. The second-order valence-corrected chi connectivity index (χ2v) is 4.76. The van der Waals surface area contributed by atoms with E-state index in [1.807, 2.05) is 0 Å². The molecule has 0 aliphatic heterocycles. The van der Waals surface area contributed by atoms with Gasteiger partial charge in [-0.25, -0.2) is 8.78 Å². The molecule has 0 unspecified atom stereocenters. The van der Waals surface area contributed by atoms with Gasteiger partial charge in [-0.1, -0.05) is 11.6 Å². The first kappa shape index (κ1) is 16.2. The fraction of sp³-hybridized carbons (Fsp3) is 0.200. The van der Waals surface area contributed by atoms with Crippen LogP contribution in [0.5, 0.6) is 17.2 Å². The van der Waals surface area contributed by atoms with Gasteiger partial charge in [-0.15, -0.1) is 0 Å². The van der Waals surface area contributed by atoms with Crippen LogP contribution >= 0.6 is 11.6 Å². The third-order valence-electron chi connectivity index (χ3n) is 3.03. The normalized spacial score (nSPS) is 10.4. The molecule has 0 saturated heterocycles. The van der Waals surface area contributed by atoms with Crippen molar-refractivity contribution in [2.45, 2.75) is 6.61 Å². The van der Waals surface area contributed by atoms with Gasteiger partial charge in [0.15, 0.2) is 23.1 Å². The van der Waals surface area contributed by atoms with Crippen LogP contribution in [0.4, 0.5) is 14.5 Å². The van der Waals surface area contributed by atoms with Gasteiger partial charge in [0.1, 0.15) is 12.4 Å². The summed E-state index contributed by atoms with van der Waals surface area (Å²) in [6.07, 6.45) is 0. The van der Waals surface area contributed by atoms with E-state index in [9.17, 15) is 8.78 Å². The van der Waals surface area contributed by atoms with E-state index in [2.05, 4.69) is 0 Å². The second kappa shape index (κ2) is 6.70. The Bertz CT molecular complexity index is 695. The Hall–Kier alpha value is -2.21. The molecular weight excluding hydrogens is 316 g/mol. The van der Waals surface area contributed by atoms with Gasteiger partial charge in [0.25, 0.3) is 0 Å². The highest BCUT2D eigenvalue weighted by molar-refractivity contribution is 6.33. The van der Waals surface area contributed by atoms with Crippen LogP contribution in [0, 0.1) is 11.6 Å². The number of benzene rings is 2. The molecule has 0 fully saturated rings. The van der Waals surface area contributed by atoms with E-state index in [4.69, 9.17) is 31.5 Å². The molecule has 0 radical (unpaired) electrons. The Kier molecular flexibility index (Phi) is 4.92. The van der Waals surface area contributed by atoms with Crippen molar-refractivity contribution < 1.29 is 23.0 Å². The topological polar surface area (TPSA) is 53.7 Å². The van der Waals surface area contributed by atoms with E-state index in [1.54, 1.807) is 0 Å². The average Bonchev–Trinajstić information content (AvgIpc) is 2.51. The maximum Gasteiger partial charge on any atom is 0.169 e. The minimum atomic E-state index is -1.03. The summed E-state index contributed by atoms with van der Waals surface area (Å²) >= 11 is 5.89. The number of hydrogen-bond donors (Lipinski definition) is 1. The first-order valence-electron chi connectivity index (χ1n) is 6.24. The highest BCUT2D eigenvalue weighted by atomic mass is 35.5. The van der Waals surface area contributed by atoms with E-state index in [1.165, 1.54) is 32.4 Å². The van der Waals surface area contributed by atoms with Gasteiger partial charge in [-0.3, -0.25) is 0 Å². The highest BCUT2D eigenvalue weighted by Gasteiger charge is 2.16. The van der Waals surface area contributed by atoms with Gasteiger partial charge in [-0.05, 0) is 12.1 Å². The van der Waals surface area contributed by atoms with Crippen LogP contribution < -0.4 is 19.9 Å². The fourth-order valence-electron chi connectivity index (χ4n) is 1.87. The van der Waals surface area contributed by atoms with Gasteiger partial charge in [0.05, 0.1) is 30.5 Å². The minimum absolute atomic E-state index is 0.0434. The van der Waals surface area contributed by atoms with E-state index in [0.29, 0.717) is 10.8 Å². The van der Waals surface area contributed by atoms with Crippen LogP contribution in [0.15, 0.2) is 24.3 Å². The molecule has 0 aromatic heterocycles. The lowest BCUT2D eigenvalue weighted by Gasteiger charge is -2.14. The number of halogens is 3. The number of ether oxygens (including phenoxy) is 3. The molecule has 0 saturated carbocycles. The van der Waals surface area contributed by atoms with E-state index in [0.717, 1.165) is 6.07 Å². The molecule has 0 aliphatic rings. The number of anilines is 1. The summed E-state index contributed by atoms with van der Waals surface area (Å²) in [5, 5.41) is 0.304. The van der Waals surface area contributed by atoms with Crippen molar-refractivity contribution in [1.82, 2.24) is 0 Å². The molecule has 0 heterocycles. The van der Waals surface area contributed by atoms with Gasteiger partial charge in [0.2, 0.25) is 0 Å². The van der Waals surface area contributed by atoms with Crippen LogP contribution in [0.25, 0.3) is 0 Å². The van der Waals surface area contributed by atoms with Crippen molar-refractivity contribution in [3.05, 3.63) is 46.5 Å². The molecule has 0 aliphatic carbocycles. The summed E-state index contributed by atoms with van der Waals surface area (Å²) < 4.78 is 42.8. The standard InChI is InChI=1S/C15H14ClF2NO3/c1-20-12-4-3-10(17)15(18)8(12)7-22-14-6-11(19)9(16)5-13(14)21-2/h3-6H,7,19H2,1-2H3. The summed E-state index contributed by atoms with van der Waals surface area (Å²) in [4.78, 5) is 0. The van der Waals surface area contributed by atoms with Crippen molar-refractivity contribution in [1.29, 1.82) is 0 Å². The van der Waals surface area contributed by atoms with Crippen LogP contribution in [0.3, 0.4) is 0 Å². The molecule has 2 aromatic rings. The SMILES string of the molecule is COc1cc(Cl)c(N)cc1OCc1c(OC)ccc(F)c1F. The molecular formula is C15H14ClF2NO3. The molecule has 7 heteroatoms. The summed E-state index contributed by atoms with van der Waals surface area (Å²) in [5.74, 6) is -1.24. The smallest absolute Gasteiger partial charge is 0.169 e. The zero-order valence-electron chi connectivity index (χ0n) is 12.0. The van der Waals surface area contributed by atoms with Crippen molar-refractivity contribution in [3.63, 3.8) is 0 Å². The zero-order chi connectivity index (χ0) is 16.3. The Morgan fingerprint density at radius 2 is 1.73 bits per heavy atom. The quantitative estimate of drug-likeness (QED) is 0.848. The molecule has 2 N–H and O–H groups in total. The summed E-state index contributed by atoms with van der Waals surface area (Å²) in [6.45, 7) is -0.260. The summed E-state index contributed by atoms with van der Waals surface area (Å²) in [5.41, 5.74) is 5.94. The lowest BCUT2D eigenvalue weighted by molar-refractivity contribution is 0.270. The molecule has 0 spiro atoms. The molecule has 2 aromatic carbocycles. The Balaban J connectivity index is 2.31. The van der Waals surface area contributed by atoms with Crippen LogP contribution in [-0.2, 0) is 6.61 Å². The fourth-order valence-corrected chi connectivity index (χ4v) is 2.03. The Morgan fingerprint density at radius 1 is 1.05 bits per heavy atom. The highest BCUT2D eigenvalue weighted by Crippen LogP contribution is 2.36. The van der Waals surface area contributed by atoms with Gasteiger partial charge in [-0.2, -0.15) is 0 Å². The van der Waals surface area contributed by atoms with Crippen LogP contribution in [0.2, 0.25) is 5.02 Å². The molecule has 0 bridgehead atoms. The number of nitrogen functional groups attached to an aromatic ring is 1. The maximum absolute atomic E-state index is 13.9. The largest absolute Gasteiger partial charge is 0.496 e. The zero-order valence-corrected chi connectivity index (χ0v) is 12.7. The minimum Gasteiger partial charge on any atom is -0.496 e. The second-order valence-electron chi connectivity index (χ2n) is 4.36. The Morgan fingerprint density at radius 3 is 2.36 bits per heavy atom. The molecule has 118 valence electrons.